The number of aromatic amines is 1. The Bertz CT molecular complexity index is 1590. The van der Waals surface area contributed by atoms with E-state index >= 15 is 0 Å². The molecule has 12 nitrogen and oxygen atoms in total. The Morgan fingerprint density at radius 3 is 2.64 bits per heavy atom. The Hall–Kier alpha value is -3.98. The summed E-state index contributed by atoms with van der Waals surface area (Å²) >= 11 is 0. The van der Waals surface area contributed by atoms with Gasteiger partial charge >= 0.3 is 6.18 Å². The second-order valence-corrected chi connectivity index (χ2v) is 10.4. The Morgan fingerprint density at radius 2 is 1.95 bits per heavy atom. The molecule has 2 aliphatic rings. The summed E-state index contributed by atoms with van der Waals surface area (Å²) in [6, 6.07) is 3.74. The van der Waals surface area contributed by atoms with Gasteiger partial charge in [0.25, 0.3) is 5.91 Å². The van der Waals surface area contributed by atoms with Crippen LogP contribution >= 0.6 is 0 Å². The van der Waals surface area contributed by atoms with Crippen molar-refractivity contribution in [1.29, 1.82) is 0 Å². The van der Waals surface area contributed by atoms with Gasteiger partial charge < -0.3 is 35.8 Å². The molecular formula is C24H26F3N9O3. The molecule has 0 aliphatic carbocycles. The molecule has 15 heteroatoms. The van der Waals surface area contributed by atoms with Crippen LogP contribution < -0.4 is 11.5 Å². The van der Waals surface area contributed by atoms with Crippen molar-refractivity contribution in [3.63, 3.8) is 0 Å². The van der Waals surface area contributed by atoms with E-state index < -0.39 is 29.2 Å². The lowest BCUT2D eigenvalue weighted by atomic mass is 9.75. The number of nitrogens with two attached hydrogens (primary N) is 2. The highest BCUT2D eigenvalue weighted by atomic mass is 19.4. The van der Waals surface area contributed by atoms with E-state index in [0.29, 0.717) is 43.5 Å². The van der Waals surface area contributed by atoms with Gasteiger partial charge in [-0.1, -0.05) is 0 Å². The van der Waals surface area contributed by atoms with Crippen molar-refractivity contribution in [1.82, 2.24) is 34.4 Å². The monoisotopic (exact) mass is 545 g/mol. The van der Waals surface area contributed by atoms with Crippen LogP contribution in [0.25, 0.3) is 22.2 Å². The van der Waals surface area contributed by atoms with Crippen LogP contribution in [0.1, 0.15) is 48.4 Å². The zero-order chi connectivity index (χ0) is 27.7. The van der Waals surface area contributed by atoms with Gasteiger partial charge in [-0.3, -0.25) is 4.79 Å². The molecule has 1 spiro atoms. The first kappa shape index (κ1) is 25.3. The standard InChI is InChI=1S/C24H26F3N9O3/c1-22(38)10-23(39-9-15(22)36-11-30-16-17(28)33-21(29)34-18(16)36)4-6-35(7-5-23)19(37)12-2-3-13-14(8-12)32-20(31-13)24(25,26)27/h2-3,8,11,15,38H,4-7,9-10H2,1H3,(H,31,32)(H4,28,29,33,34)/t15-,22-/m1/s1. The first-order valence-electron chi connectivity index (χ1n) is 12.3. The number of carbonyl (C=O) groups excluding carboxylic acids is 1. The van der Waals surface area contributed by atoms with E-state index in [1.807, 2.05) is 0 Å². The predicted octanol–water partition coefficient (Wildman–Crippen LogP) is 2.27. The SMILES string of the molecule is C[C@@]1(O)CC2(CCN(C(=O)c3ccc4nc(C(F)(F)F)[nH]c4c3)CC2)OC[C@H]1n1cnc2c(N)nc(N)nc21. The minimum absolute atomic E-state index is 0.000833. The fraction of sp³-hybridized carbons (Fsp3) is 0.458. The van der Waals surface area contributed by atoms with Crippen molar-refractivity contribution in [2.24, 2.45) is 0 Å². The van der Waals surface area contributed by atoms with E-state index in [9.17, 15) is 23.1 Å². The topological polar surface area (TPSA) is 174 Å². The number of likely N-dealkylation sites (tertiary alicyclic amines) is 1. The third kappa shape index (κ3) is 4.30. The number of ether oxygens (including phenoxy) is 1. The lowest BCUT2D eigenvalue weighted by Crippen LogP contribution is -2.58. The van der Waals surface area contributed by atoms with Gasteiger partial charge in [0, 0.05) is 25.1 Å². The molecule has 2 atom stereocenters. The largest absolute Gasteiger partial charge is 0.449 e. The molecule has 6 rings (SSSR count). The zero-order valence-electron chi connectivity index (χ0n) is 20.9. The predicted molar refractivity (Wildman–Crippen MR) is 133 cm³/mol. The summed E-state index contributed by atoms with van der Waals surface area (Å²) in [6.07, 6.45) is -1.80. The maximum Gasteiger partial charge on any atom is 0.449 e. The molecule has 0 unspecified atom stereocenters. The molecule has 0 bridgehead atoms. The summed E-state index contributed by atoms with van der Waals surface area (Å²) in [6.45, 7) is 2.63. The molecule has 2 aliphatic heterocycles. The zero-order valence-corrected chi connectivity index (χ0v) is 20.9. The van der Waals surface area contributed by atoms with Gasteiger partial charge in [0.15, 0.2) is 11.5 Å². The number of alkyl halides is 3. The van der Waals surface area contributed by atoms with Crippen LogP contribution in [0.4, 0.5) is 24.9 Å². The second kappa shape index (κ2) is 8.51. The lowest BCUT2D eigenvalue weighted by Gasteiger charge is -2.51. The molecule has 5 heterocycles. The van der Waals surface area contributed by atoms with E-state index in [1.54, 1.807) is 16.4 Å². The number of benzene rings is 1. The Labute approximate surface area is 219 Å². The van der Waals surface area contributed by atoms with Crippen LogP contribution in [0.15, 0.2) is 24.5 Å². The van der Waals surface area contributed by atoms with Crippen LogP contribution in [-0.4, -0.2) is 76.3 Å². The van der Waals surface area contributed by atoms with E-state index in [0.717, 1.165) is 0 Å². The lowest BCUT2D eigenvalue weighted by molar-refractivity contribution is -0.194. The third-order valence-electron chi connectivity index (χ3n) is 7.71. The summed E-state index contributed by atoms with van der Waals surface area (Å²) in [5.41, 5.74) is 11.2. The minimum Gasteiger partial charge on any atom is -0.388 e. The fourth-order valence-electron chi connectivity index (χ4n) is 5.72. The highest BCUT2D eigenvalue weighted by Crippen LogP contribution is 2.44. The van der Waals surface area contributed by atoms with Crippen molar-refractivity contribution < 1.29 is 27.8 Å². The van der Waals surface area contributed by atoms with Gasteiger partial charge in [0.1, 0.15) is 5.52 Å². The van der Waals surface area contributed by atoms with Crippen LogP contribution in [0, 0.1) is 0 Å². The van der Waals surface area contributed by atoms with Crippen LogP contribution in [0.3, 0.4) is 0 Å². The second-order valence-electron chi connectivity index (χ2n) is 10.4. The quantitative estimate of drug-likeness (QED) is 0.295. The average Bonchev–Trinajstić information content (AvgIpc) is 3.48. The smallest absolute Gasteiger partial charge is 0.388 e. The van der Waals surface area contributed by atoms with Gasteiger partial charge in [-0.2, -0.15) is 23.1 Å². The minimum atomic E-state index is -4.61. The summed E-state index contributed by atoms with van der Waals surface area (Å²) in [5, 5.41) is 11.5. The number of amides is 1. The number of hydrogen-bond acceptors (Lipinski definition) is 9. The fourth-order valence-corrected chi connectivity index (χ4v) is 5.72. The average molecular weight is 546 g/mol. The summed E-state index contributed by atoms with van der Waals surface area (Å²) in [7, 11) is 0. The van der Waals surface area contributed by atoms with E-state index in [4.69, 9.17) is 16.2 Å². The number of halogens is 3. The molecule has 39 heavy (non-hydrogen) atoms. The van der Waals surface area contributed by atoms with Crippen molar-refractivity contribution >= 4 is 39.9 Å². The molecule has 1 amide bonds. The number of imidazole rings is 2. The molecule has 206 valence electrons. The van der Waals surface area contributed by atoms with Crippen LogP contribution in [0.2, 0.25) is 0 Å². The van der Waals surface area contributed by atoms with Gasteiger partial charge in [-0.25, -0.2) is 9.97 Å². The van der Waals surface area contributed by atoms with Gasteiger partial charge in [-0.05, 0) is 38.0 Å². The Kier molecular flexibility index (Phi) is 5.52. The Balaban J connectivity index is 1.16. The first-order valence-corrected chi connectivity index (χ1v) is 12.3. The number of nitrogens with zero attached hydrogens (tertiary/aromatic N) is 6. The van der Waals surface area contributed by atoms with Crippen molar-refractivity contribution in [2.45, 2.75) is 49.6 Å². The highest BCUT2D eigenvalue weighted by molar-refractivity contribution is 5.97. The number of aliphatic hydroxyl groups is 1. The van der Waals surface area contributed by atoms with Gasteiger partial charge in [0.2, 0.25) is 11.8 Å². The van der Waals surface area contributed by atoms with Gasteiger partial charge in [0.05, 0.1) is 41.2 Å². The van der Waals surface area contributed by atoms with Crippen LogP contribution in [0.5, 0.6) is 0 Å². The maximum absolute atomic E-state index is 13.2. The molecule has 6 N–H and O–H groups in total. The Morgan fingerprint density at radius 1 is 1.21 bits per heavy atom. The number of anilines is 2. The number of H-pyrrole nitrogens is 1. The number of nitrogen functional groups attached to an aromatic ring is 2. The molecule has 4 aromatic rings. The maximum atomic E-state index is 13.2. The molecule has 2 fully saturated rings. The first-order chi connectivity index (χ1) is 18.4. The van der Waals surface area contributed by atoms with E-state index in [-0.39, 0.29) is 40.9 Å². The van der Waals surface area contributed by atoms with E-state index in [1.165, 1.54) is 24.5 Å². The molecule has 0 saturated carbocycles. The summed E-state index contributed by atoms with van der Waals surface area (Å²) < 4.78 is 47.0. The van der Waals surface area contributed by atoms with Crippen molar-refractivity contribution in [3.05, 3.63) is 35.9 Å². The number of piperidine rings is 1. The molecule has 3 aromatic heterocycles. The van der Waals surface area contributed by atoms with Crippen molar-refractivity contribution in [3.8, 4) is 0 Å². The number of hydrogen-bond donors (Lipinski definition) is 4. The number of carbonyl (C=O) groups is 1. The normalized spacial score (nSPS) is 23.6. The molecule has 1 aromatic carbocycles. The molecule has 2 saturated heterocycles. The number of aromatic nitrogens is 6. The molecular weight excluding hydrogens is 519 g/mol. The number of fused-ring (bicyclic) bond motifs is 2. The number of rotatable bonds is 2. The van der Waals surface area contributed by atoms with Crippen molar-refractivity contribution in [2.75, 3.05) is 31.2 Å². The summed E-state index contributed by atoms with van der Waals surface area (Å²) in [4.78, 5) is 33.0. The number of nitrogens with one attached hydrogen (secondary N) is 1. The van der Waals surface area contributed by atoms with E-state index in [2.05, 4.69) is 24.9 Å². The van der Waals surface area contributed by atoms with Gasteiger partial charge in [-0.15, -0.1) is 0 Å². The van der Waals surface area contributed by atoms with Crippen LogP contribution in [-0.2, 0) is 10.9 Å². The highest BCUT2D eigenvalue weighted by Gasteiger charge is 2.50. The molecule has 0 radical (unpaired) electrons. The summed E-state index contributed by atoms with van der Waals surface area (Å²) in [5.74, 6) is -1.26. The third-order valence-corrected chi connectivity index (χ3v) is 7.71.